The fraction of sp³-hybridized carbons (Fsp3) is 0.316. The molecule has 0 unspecified atom stereocenters. The number of amides is 1. The van der Waals surface area contributed by atoms with Crippen LogP contribution in [0.1, 0.15) is 22.3 Å². The first-order valence-corrected chi connectivity index (χ1v) is 11.9. The number of carbonyl (C=O) groups excluding carboxylic acids is 1. The fourth-order valence-corrected chi connectivity index (χ4v) is 7.49. The predicted octanol–water partition coefficient (Wildman–Crippen LogP) is 1.92. The molecule has 144 valence electrons. The SMILES string of the molecule is CN(Cc1ccccc1)C(=O)c1ccc(S(=O)(=O)[C@H]2CCS(=O)(=O)C2)cc1. The van der Waals surface area contributed by atoms with Gasteiger partial charge in [-0.05, 0) is 36.2 Å². The third-order valence-corrected chi connectivity index (χ3v) is 8.86. The standard InChI is InChI=1S/C19H21NO5S2/c1-20(13-15-5-3-2-4-6-15)19(21)16-7-9-17(10-8-16)27(24,25)18-11-12-26(22,23)14-18/h2-10,18H,11-14H2,1H3/t18-/m0/s1. The van der Waals surface area contributed by atoms with Crippen molar-refractivity contribution in [1.29, 1.82) is 0 Å². The Morgan fingerprint density at radius 1 is 1.07 bits per heavy atom. The first-order chi connectivity index (χ1) is 12.7. The lowest BCUT2D eigenvalue weighted by Gasteiger charge is -2.18. The van der Waals surface area contributed by atoms with Crippen LogP contribution in [0.4, 0.5) is 0 Å². The van der Waals surface area contributed by atoms with Gasteiger partial charge in [0.1, 0.15) is 0 Å². The molecule has 0 N–H and O–H groups in total. The van der Waals surface area contributed by atoms with Gasteiger partial charge in [-0.1, -0.05) is 30.3 Å². The van der Waals surface area contributed by atoms with Crippen LogP contribution in [0.3, 0.4) is 0 Å². The van der Waals surface area contributed by atoms with E-state index in [0.717, 1.165) is 5.56 Å². The molecule has 3 rings (SSSR count). The predicted molar refractivity (Wildman–Crippen MR) is 103 cm³/mol. The summed E-state index contributed by atoms with van der Waals surface area (Å²) in [7, 11) is -5.33. The first kappa shape index (κ1) is 19.6. The fourth-order valence-electron chi connectivity index (χ4n) is 3.13. The largest absolute Gasteiger partial charge is 0.337 e. The zero-order valence-electron chi connectivity index (χ0n) is 14.9. The number of hydrogen-bond acceptors (Lipinski definition) is 5. The van der Waals surface area contributed by atoms with Crippen LogP contribution >= 0.6 is 0 Å². The molecule has 1 atom stereocenters. The second-order valence-electron chi connectivity index (χ2n) is 6.74. The molecular weight excluding hydrogens is 386 g/mol. The zero-order valence-corrected chi connectivity index (χ0v) is 16.5. The maximum absolute atomic E-state index is 12.6. The number of hydrogen-bond donors (Lipinski definition) is 0. The second kappa shape index (κ2) is 7.44. The van der Waals surface area contributed by atoms with E-state index in [-0.39, 0.29) is 28.7 Å². The summed E-state index contributed by atoms with van der Waals surface area (Å²) in [6.45, 7) is 0.444. The lowest BCUT2D eigenvalue weighted by atomic mass is 10.1. The van der Waals surface area contributed by atoms with E-state index in [1.807, 2.05) is 30.3 Å². The van der Waals surface area contributed by atoms with Crippen molar-refractivity contribution >= 4 is 25.6 Å². The first-order valence-electron chi connectivity index (χ1n) is 8.53. The quantitative estimate of drug-likeness (QED) is 0.756. The van der Waals surface area contributed by atoms with Crippen molar-refractivity contribution in [2.24, 2.45) is 0 Å². The number of sulfone groups is 2. The molecule has 0 saturated carbocycles. The summed E-state index contributed by atoms with van der Waals surface area (Å²) in [6.07, 6.45) is 0.116. The van der Waals surface area contributed by atoms with Crippen LogP contribution in [0.5, 0.6) is 0 Å². The van der Waals surface area contributed by atoms with Gasteiger partial charge in [-0.25, -0.2) is 16.8 Å². The van der Waals surface area contributed by atoms with Gasteiger partial charge in [0.05, 0.1) is 21.7 Å². The third-order valence-electron chi connectivity index (χ3n) is 4.67. The van der Waals surface area contributed by atoms with E-state index in [1.54, 1.807) is 11.9 Å². The highest BCUT2D eigenvalue weighted by Crippen LogP contribution is 2.25. The molecule has 1 heterocycles. The Kier molecular flexibility index (Phi) is 5.39. The van der Waals surface area contributed by atoms with Gasteiger partial charge in [0, 0.05) is 19.2 Å². The molecule has 1 amide bonds. The molecule has 6 nitrogen and oxygen atoms in total. The Morgan fingerprint density at radius 3 is 2.26 bits per heavy atom. The van der Waals surface area contributed by atoms with Gasteiger partial charge in [0.2, 0.25) is 0 Å². The summed E-state index contributed by atoms with van der Waals surface area (Å²) < 4.78 is 48.4. The van der Waals surface area contributed by atoms with E-state index in [9.17, 15) is 21.6 Å². The van der Waals surface area contributed by atoms with E-state index in [0.29, 0.717) is 12.1 Å². The van der Waals surface area contributed by atoms with Gasteiger partial charge in [-0.15, -0.1) is 0 Å². The Hall–Kier alpha value is -2.19. The lowest BCUT2D eigenvalue weighted by Crippen LogP contribution is -2.26. The zero-order chi connectivity index (χ0) is 19.7. The molecule has 8 heteroatoms. The van der Waals surface area contributed by atoms with Crippen molar-refractivity contribution in [3.63, 3.8) is 0 Å². The Morgan fingerprint density at radius 2 is 1.70 bits per heavy atom. The topological polar surface area (TPSA) is 88.6 Å². The van der Waals surface area contributed by atoms with Gasteiger partial charge in [0.25, 0.3) is 5.91 Å². The van der Waals surface area contributed by atoms with Crippen LogP contribution in [0, 0.1) is 0 Å². The van der Waals surface area contributed by atoms with Crippen molar-refractivity contribution in [3.8, 4) is 0 Å². The molecule has 0 radical (unpaired) electrons. The van der Waals surface area contributed by atoms with Crippen molar-refractivity contribution in [3.05, 3.63) is 65.7 Å². The molecule has 2 aromatic carbocycles. The van der Waals surface area contributed by atoms with Crippen LogP contribution in [0.15, 0.2) is 59.5 Å². The van der Waals surface area contributed by atoms with Gasteiger partial charge >= 0.3 is 0 Å². The van der Waals surface area contributed by atoms with Crippen molar-refractivity contribution in [2.75, 3.05) is 18.6 Å². The highest BCUT2D eigenvalue weighted by molar-refractivity contribution is 7.96. The van der Waals surface area contributed by atoms with Gasteiger partial charge < -0.3 is 4.90 Å². The molecular formula is C19H21NO5S2. The van der Waals surface area contributed by atoms with Gasteiger partial charge in [-0.2, -0.15) is 0 Å². The smallest absolute Gasteiger partial charge is 0.253 e. The molecule has 1 fully saturated rings. The third kappa shape index (κ3) is 4.39. The van der Waals surface area contributed by atoms with Crippen molar-refractivity contribution < 1.29 is 21.6 Å². The van der Waals surface area contributed by atoms with E-state index >= 15 is 0 Å². The Bertz CT molecular complexity index is 1030. The second-order valence-corrected chi connectivity index (χ2v) is 11.2. The number of nitrogens with zero attached hydrogens (tertiary/aromatic N) is 1. The van der Waals surface area contributed by atoms with E-state index in [4.69, 9.17) is 0 Å². The molecule has 0 aromatic heterocycles. The minimum absolute atomic E-state index is 0.0480. The average molecular weight is 408 g/mol. The molecule has 0 bridgehead atoms. The number of rotatable bonds is 5. The summed E-state index contributed by atoms with van der Waals surface area (Å²) in [4.78, 5) is 14.2. The van der Waals surface area contributed by atoms with Gasteiger partial charge in [0.15, 0.2) is 19.7 Å². The maximum atomic E-state index is 12.6. The van der Waals surface area contributed by atoms with Crippen molar-refractivity contribution in [2.45, 2.75) is 23.1 Å². The van der Waals surface area contributed by atoms with Crippen LogP contribution in [-0.2, 0) is 26.2 Å². The average Bonchev–Trinajstić information content (AvgIpc) is 3.02. The number of benzene rings is 2. The molecule has 2 aromatic rings. The molecule has 0 spiro atoms. The minimum atomic E-state index is -3.73. The summed E-state index contributed by atoms with van der Waals surface area (Å²) in [5, 5.41) is -0.912. The van der Waals surface area contributed by atoms with Gasteiger partial charge in [-0.3, -0.25) is 4.79 Å². The molecule has 0 aliphatic carbocycles. The Balaban J connectivity index is 1.74. The number of carbonyl (C=O) groups is 1. The van der Waals surface area contributed by atoms with E-state index in [1.165, 1.54) is 24.3 Å². The van der Waals surface area contributed by atoms with Crippen LogP contribution in [0.2, 0.25) is 0 Å². The van der Waals surface area contributed by atoms with E-state index in [2.05, 4.69) is 0 Å². The highest BCUT2D eigenvalue weighted by atomic mass is 32.2. The minimum Gasteiger partial charge on any atom is -0.337 e. The normalized spacial score (nSPS) is 18.9. The molecule has 27 heavy (non-hydrogen) atoms. The van der Waals surface area contributed by atoms with Crippen molar-refractivity contribution in [1.82, 2.24) is 4.90 Å². The van der Waals surface area contributed by atoms with Crippen LogP contribution in [0.25, 0.3) is 0 Å². The molecule has 1 aliphatic heterocycles. The van der Waals surface area contributed by atoms with Crippen LogP contribution < -0.4 is 0 Å². The molecule has 1 saturated heterocycles. The monoisotopic (exact) mass is 407 g/mol. The summed E-state index contributed by atoms with van der Waals surface area (Å²) in [6, 6.07) is 15.3. The van der Waals surface area contributed by atoms with E-state index < -0.39 is 24.9 Å². The maximum Gasteiger partial charge on any atom is 0.253 e. The highest BCUT2D eigenvalue weighted by Gasteiger charge is 2.38. The lowest BCUT2D eigenvalue weighted by molar-refractivity contribution is 0.0785. The summed E-state index contributed by atoms with van der Waals surface area (Å²) >= 11 is 0. The Labute approximate surface area is 159 Å². The summed E-state index contributed by atoms with van der Waals surface area (Å²) in [5.41, 5.74) is 1.38. The van der Waals surface area contributed by atoms with Crippen LogP contribution in [-0.4, -0.2) is 51.4 Å². The molecule has 1 aliphatic rings. The summed E-state index contributed by atoms with van der Waals surface area (Å²) in [5.74, 6) is -0.653.